The number of nitrogens with one attached hydrogen (secondary N) is 1. The van der Waals surface area contributed by atoms with E-state index in [2.05, 4.69) is 25.9 Å². The van der Waals surface area contributed by atoms with Gasteiger partial charge in [0.25, 0.3) is 6.02 Å². The fourth-order valence-electron chi connectivity index (χ4n) is 2.43. The largest absolute Gasteiger partial charge is 0.452 e. The van der Waals surface area contributed by atoms with E-state index in [0.29, 0.717) is 4.47 Å². The van der Waals surface area contributed by atoms with Crippen LogP contribution in [0.15, 0.2) is 21.7 Å². The number of hydrogen-bond donors (Lipinski definition) is 1. The standard InChI is InChI=1S/C16H18BrF4N3O3/c1-14(2,3)27-13(25)23-12-24-15(4,6-10(26-12)16(19,20)21)9-5-8(17)7-22-11(9)18/h5,7,10H,6H2,1-4H3,(H,23,24,25). The number of aromatic nitrogens is 1. The second-order valence-electron chi connectivity index (χ2n) is 7.16. The van der Waals surface area contributed by atoms with Crippen molar-refractivity contribution in [3.8, 4) is 0 Å². The quantitative estimate of drug-likeness (QED) is 0.502. The van der Waals surface area contributed by atoms with Gasteiger partial charge in [-0.3, -0.25) is 0 Å². The summed E-state index contributed by atoms with van der Waals surface area (Å²) in [7, 11) is 0. The molecular weight excluding hydrogens is 438 g/mol. The third-order valence-corrected chi connectivity index (χ3v) is 3.98. The van der Waals surface area contributed by atoms with Crippen LogP contribution < -0.4 is 5.32 Å². The van der Waals surface area contributed by atoms with Gasteiger partial charge in [-0.25, -0.2) is 20.1 Å². The van der Waals surface area contributed by atoms with Crippen LogP contribution in [-0.4, -0.2) is 35.0 Å². The number of aliphatic imine (C=N–C) groups is 1. The number of pyridine rings is 1. The Morgan fingerprint density at radius 3 is 2.59 bits per heavy atom. The first-order valence-corrected chi connectivity index (χ1v) is 8.64. The average Bonchev–Trinajstić information content (AvgIpc) is 2.46. The van der Waals surface area contributed by atoms with E-state index in [0.717, 1.165) is 0 Å². The van der Waals surface area contributed by atoms with Crippen molar-refractivity contribution in [2.24, 2.45) is 4.99 Å². The van der Waals surface area contributed by atoms with Gasteiger partial charge in [-0.05, 0) is 49.7 Å². The third kappa shape index (κ3) is 5.53. The lowest BCUT2D eigenvalue weighted by molar-refractivity contribution is -0.208. The van der Waals surface area contributed by atoms with E-state index in [1.54, 1.807) is 20.8 Å². The van der Waals surface area contributed by atoms with E-state index in [4.69, 9.17) is 9.47 Å². The van der Waals surface area contributed by atoms with Crippen LogP contribution in [0.1, 0.15) is 39.7 Å². The van der Waals surface area contributed by atoms with Crippen molar-refractivity contribution in [2.45, 2.75) is 57.5 Å². The Kier molecular flexibility index (Phi) is 5.74. The van der Waals surface area contributed by atoms with E-state index < -0.39 is 47.9 Å². The second kappa shape index (κ2) is 7.25. The van der Waals surface area contributed by atoms with Gasteiger partial charge in [0.05, 0.1) is 5.54 Å². The maximum absolute atomic E-state index is 14.2. The van der Waals surface area contributed by atoms with Crippen LogP contribution in [0.2, 0.25) is 0 Å². The molecule has 1 aliphatic heterocycles. The summed E-state index contributed by atoms with van der Waals surface area (Å²) in [4.78, 5) is 19.4. The minimum atomic E-state index is -4.76. The molecule has 11 heteroatoms. The highest BCUT2D eigenvalue weighted by Crippen LogP contribution is 2.41. The Balaban J connectivity index is 2.42. The van der Waals surface area contributed by atoms with Gasteiger partial charge in [-0.2, -0.15) is 17.6 Å². The summed E-state index contributed by atoms with van der Waals surface area (Å²) < 4.78 is 64.3. The van der Waals surface area contributed by atoms with Crippen molar-refractivity contribution in [1.29, 1.82) is 0 Å². The highest BCUT2D eigenvalue weighted by molar-refractivity contribution is 9.10. The Morgan fingerprint density at radius 1 is 1.41 bits per heavy atom. The molecule has 150 valence electrons. The number of alkyl halides is 3. The van der Waals surface area contributed by atoms with Crippen molar-refractivity contribution in [2.75, 3.05) is 0 Å². The topological polar surface area (TPSA) is 72.8 Å². The fourth-order valence-corrected chi connectivity index (χ4v) is 2.77. The van der Waals surface area contributed by atoms with Crippen LogP contribution in [-0.2, 0) is 15.0 Å². The molecule has 1 aromatic rings. The van der Waals surface area contributed by atoms with Crippen molar-refractivity contribution in [3.05, 3.63) is 28.2 Å². The predicted octanol–water partition coefficient (Wildman–Crippen LogP) is 4.43. The number of alkyl carbamates (subject to hydrolysis) is 1. The Hall–Kier alpha value is -1.91. The smallest absolute Gasteiger partial charge is 0.425 e. The molecule has 1 aromatic heterocycles. The molecule has 0 aliphatic carbocycles. The number of amidine groups is 1. The lowest BCUT2D eigenvalue weighted by atomic mass is 9.86. The molecule has 2 rings (SSSR count). The zero-order valence-corrected chi connectivity index (χ0v) is 16.5. The molecule has 0 fully saturated rings. The van der Waals surface area contributed by atoms with Gasteiger partial charge in [0.2, 0.25) is 5.95 Å². The minimum absolute atomic E-state index is 0.169. The van der Waals surface area contributed by atoms with Crippen molar-refractivity contribution >= 4 is 28.0 Å². The van der Waals surface area contributed by atoms with Gasteiger partial charge in [0, 0.05) is 22.7 Å². The van der Waals surface area contributed by atoms with Gasteiger partial charge in [-0.1, -0.05) is 0 Å². The number of carbonyl (C=O) groups is 1. The summed E-state index contributed by atoms with van der Waals surface area (Å²) in [5.41, 5.74) is -2.73. The molecule has 27 heavy (non-hydrogen) atoms. The zero-order valence-electron chi connectivity index (χ0n) is 14.9. The normalized spacial score (nSPS) is 23.3. The molecule has 0 bridgehead atoms. The molecule has 0 spiro atoms. The average molecular weight is 456 g/mol. The van der Waals surface area contributed by atoms with E-state index >= 15 is 0 Å². The summed E-state index contributed by atoms with van der Waals surface area (Å²) >= 11 is 3.11. The lowest BCUT2D eigenvalue weighted by Gasteiger charge is -2.36. The number of halogens is 5. The third-order valence-electron chi connectivity index (χ3n) is 3.54. The van der Waals surface area contributed by atoms with Crippen molar-refractivity contribution < 1.29 is 31.8 Å². The van der Waals surface area contributed by atoms with E-state index in [1.807, 2.05) is 5.32 Å². The van der Waals surface area contributed by atoms with Crippen LogP contribution in [0, 0.1) is 5.95 Å². The summed E-state index contributed by atoms with van der Waals surface area (Å²) in [6.45, 7) is 6.06. The van der Waals surface area contributed by atoms with Crippen LogP contribution in [0.25, 0.3) is 0 Å². The fraction of sp³-hybridized carbons (Fsp3) is 0.562. The number of carbonyl (C=O) groups excluding carboxylic acids is 1. The number of amides is 1. The molecule has 0 radical (unpaired) electrons. The molecule has 0 saturated heterocycles. The molecule has 0 aromatic carbocycles. The molecule has 0 saturated carbocycles. The predicted molar refractivity (Wildman–Crippen MR) is 91.6 cm³/mol. The molecule has 2 heterocycles. The van der Waals surface area contributed by atoms with Gasteiger partial charge in [-0.15, -0.1) is 0 Å². The Labute approximate surface area is 161 Å². The lowest BCUT2D eigenvalue weighted by Crippen LogP contribution is -2.49. The maximum Gasteiger partial charge on any atom is 0.425 e. The van der Waals surface area contributed by atoms with Crippen LogP contribution in [0.5, 0.6) is 0 Å². The summed E-state index contributed by atoms with van der Waals surface area (Å²) in [6, 6.07) is 0.579. The first kappa shape index (κ1) is 21.4. The van der Waals surface area contributed by atoms with Gasteiger partial charge in [0.1, 0.15) is 5.60 Å². The zero-order chi connectivity index (χ0) is 20.6. The molecular formula is C16H18BrF4N3O3. The molecule has 2 atom stereocenters. The molecule has 2 unspecified atom stereocenters. The minimum Gasteiger partial charge on any atom is -0.452 e. The number of hydrogen-bond acceptors (Lipinski definition) is 5. The van der Waals surface area contributed by atoms with E-state index in [-0.39, 0.29) is 5.56 Å². The molecule has 6 nitrogen and oxygen atoms in total. The van der Waals surface area contributed by atoms with Crippen LogP contribution >= 0.6 is 15.9 Å². The van der Waals surface area contributed by atoms with Gasteiger partial charge in [0.15, 0.2) is 6.10 Å². The number of nitrogens with zero attached hydrogens (tertiary/aromatic N) is 2. The molecule has 1 amide bonds. The van der Waals surface area contributed by atoms with Gasteiger partial charge < -0.3 is 9.47 Å². The highest BCUT2D eigenvalue weighted by atomic mass is 79.9. The highest BCUT2D eigenvalue weighted by Gasteiger charge is 2.50. The van der Waals surface area contributed by atoms with E-state index in [9.17, 15) is 22.4 Å². The van der Waals surface area contributed by atoms with Gasteiger partial charge >= 0.3 is 12.3 Å². The monoisotopic (exact) mass is 455 g/mol. The molecule has 1 aliphatic rings. The second-order valence-corrected chi connectivity index (χ2v) is 8.08. The first-order valence-electron chi connectivity index (χ1n) is 7.84. The van der Waals surface area contributed by atoms with Crippen LogP contribution in [0.4, 0.5) is 22.4 Å². The number of ether oxygens (including phenoxy) is 2. The maximum atomic E-state index is 14.2. The van der Waals surface area contributed by atoms with E-state index in [1.165, 1.54) is 19.2 Å². The SMILES string of the molecule is CC(C)(C)OC(=O)NC1=NC(C)(c2cc(Br)cnc2F)CC(C(F)(F)F)O1. The summed E-state index contributed by atoms with van der Waals surface area (Å²) in [5.74, 6) is -0.969. The summed E-state index contributed by atoms with van der Waals surface area (Å²) in [6.07, 6.45) is -7.62. The van der Waals surface area contributed by atoms with Crippen LogP contribution in [0.3, 0.4) is 0 Å². The Morgan fingerprint density at radius 2 is 2.04 bits per heavy atom. The number of rotatable bonds is 1. The summed E-state index contributed by atoms with van der Waals surface area (Å²) in [5, 5.41) is 2.05. The first-order chi connectivity index (χ1) is 12.2. The van der Waals surface area contributed by atoms with Crippen molar-refractivity contribution in [3.63, 3.8) is 0 Å². The Bertz CT molecular complexity index is 764. The van der Waals surface area contributed by atoms with Crippen molar-refractivity contribution in [1.82, 2.24) is 10.3 Å². The molecule has 1 N–H and O–H groups in total.